The van der Waals surface area contributed by atoms with Crippen molar-refractivity contribution in [2.75, 3.05) is 26.3 Å². The van der Waals surface area contributed by atoms with E-state index in [2.05, 4.69) is 53.2 Å². The average molecular weight is 1180 g/mol. The van der Waals surface area contributed by atoms with E-state index < -0.39 is 164 Å². The lowest BCUT2D eigenvalue weighted by atomic mass is 9.93. The highest BCUT2D eigenvalue weighted by Crippen LogP contribution is 2.22. The molecule has 3 rings (SSSR count). The molecule has 0 radical (unpaired) electrons. The van der Waals surface area contributed by atoms with Crippen LogP contribution in [0.25, 0.3) is 0 Å². The number of hydrogen-bond acceptors (Lipinski definition) is 14. The normalized spacial score (nSPS) is 27.0. The maximum absolute atomic E-state index is 14.6. The van der Waals surface area contributed by atoms with Gasteiger partial charge >= 0.3 is 0 Å². The standard InChI is InChI=1S/C59H95N11O14/c1-11-15-17-22-40-51(76)63-41(23-25-71)52(77)62-39(14-4)59(84)70-32-38(73)30-46(70)56(81)64-42(24-26-72)53(78)66-45(29-37-20-18-16-19-21-37)54(79)65-44(28-34(7)8)55(80)68-49(36(10)13-3)58(83)69-48(35(9)12-2)57(82)67-43(27-33(5)6)50(75)60-31-47(74)61-40/h14,16,18-21,33-36,38,40-46,48-49,71-73H,11-13,15,17,22-32H2,1-10H3,(H,60,75)(H,61,74)(H,62,77)(H,63,76)(H,64,81)(H,65,79)(H,66,78)(H,67,82)(H,68,80)(H,69,83). The van der Waals surface area contributed by atoms with Crippen LogP contribution in [0.5, 0.6) is 0 Å². The third-order valence-electron chi connectivity index (χ3n) is 15.1. The van der Waals surface area contributed by atoms with Crippen LogP contribution in [0.2, 0.25) is 0 Å². The van der Waals surface area contributed by atoms with Crippen molar-refractivity contribution in [1.29, 1.82) is 0 Å². The Labute approximate surface area is 493 Å². The van der Waals surface area contributed by atoms with Crippen molar-refractivity contribution >= 4 is 65.0 Å². The summed E-state index contributed by atoms with van der Waals surface area (Å²) in [6.45, 7) is 15.4. The average Bonchev–Trinajstić information content (AvgIpc) is 4.02. The lowest BCUT2D eigenvalue weighted by Crippen LogP contribution is -2.62. The Morgan fingerprint density at radius 2 is 1.01 bits per heavy atom. The van der Waals surface area contributed by atoms with Gasteiger partial charge in [-0.05, 0) is 68.3 Å². The fraction of sp³-hybridized carbons (Fsp3) is 0.678. The summed E-state index contributed by atoms with van der Waals surface area (Å²) in [7, 11) is 0. The third kappa shape index (κ3) is 22.5. The molecule has 25 nitrogen and oxygen atoms in total. The molecule has 0 bridgehead atoms. The molecule has 84 heavy (non-hydrogen) atoms. The summed E-state index contributed by atoms with van der Waals surface area (Å²) in [5.41, 5.74) is 0.220. The third-order valence-corrected chi connectivity index (χ3v) is 15.1. The highest BCUT2D eigenvalue weighted by Gasteiger charge is 2.43. The molecule has 2 saturated heterocycles. The molecular weight excluding hydrogens is 1090 g/mol. The Kier molecular flexibility index (Phi) is 30.5. The second kappa shape index (κ2) is 36.0. The number of unbranched alkanes of at least 4 members (excludes halogenated alkanes) is 2. The maximum Gasteiger partial charge on any atom is 0.270 e. The minimum absolute atomic E-state index is 0.0688. The Balaban J connectivity index is 2.20. The van der Waals surface area contributed by atoms with E-state index in [9.17, 15) is 68.1 Å². The Morgan fingerprint density at radius 3 is 1.55 bits per heavy atom. The van der Waals surface area contributed by atoms with Crippen LogP contribution in [0.4, 0.5) is 0 Å². The highest BCUT2D eigenvalue weighted by molar-refractivity contribution is 6.03. The first-order chi connectivity index (χ1) is 39.8. The number of aliphatic hydroxyl groups is 3. The second-order valence-corrected chi connectivity index (χ2v) is 22.9. The van der Waals surface area contributed by atoms with Crippen LogP contribution >= 0.6 is 0 Å². The number of amides is 11. The molecular formula is C59H95N11O14. The highest BCUT2D eigenvalue weighted by atomic mass is 16.3. The van der Waals surface area contributed by atoms with Gasteiger partial charge in [-0.2, -0.15) is 0 Å². The van der Waals surface area contributed by atoms with Gasteiger partial charge < -0.3 is 73.4 Å². The predicted octanol–water partition coefficient (Wildman–Crippen LogP) is -0.251. The van der Waals surface area contributed by atoms with Gasteiger partial charge in [0.05, 0.1) is 12.6 Å². The molecule has 2 heterocycles. The van der Waals surface area contributed by atoms with E-state index in [1.54, 1.807) is 44.2 Å². The van der Waals surface area contributed by atoms with E-state index in [0.717, 1.165) is 11.3 Å². The van der Waals surface area contributed by atoms with Crippen LogP contribution in [0, 0.1) is 23.7 Å². The van der Waals surface area contributed by atoms with Gasteiger partial charge in [0.1, 0.15) is 60.1 Å². The number of nitrogens with zero attached hydrogens (tertiary/aromatic N) is 1. The number of carbonyl (C=O) groups is 11. The number of benzene rings is 1. The molecule has 12 unspecified atom stereocenters. The zero-order valence-electron chi connectivity index (χ0n) is 50.6. The van der Waals surface area contributed by atoms with Gasteiger partial charge in [-0.15, -0.1) is 0 Å². The Morgan fingerprint density at radius 1 is 0.548 bits per heavy atom. The monoisotopic (exact) mass is 1180 g/mol. The first-order valence-electron chi connectivity index (χ1n) is 29.7. The lowest BCUT2D eigenvalue weighted by Gasteiger charge is -2.31. The number of carbonyl (C=O) groups excluding carboxylic acids is 11. The molecule has 1 aromatic carbocycles. The number of rotatable bonds is 18. The minimum atomic E-state index is -1.52. The summed E-state index contributed by atoms with van der Waals surface area (Å²) in [6, 6.07) is -3.43. The molecule has 0 aliphatic carbocycles. The SMILES string of the molecule is CC=C1NC(=O)C(CCO)NC(=O)C(CCCCC)NC(=O)CNC(=O)C(CC(C)C)NC(=O)C(C(C)CC)NC(=O)C(C(C)CC)NC(=O)C(CC(C)C)NC(=O)C(Cc2ccccc2)NC(=O)C(CCO)NC(=O)C2CC(O)CN2C1=O. The Hall–Kier alpha value is -6.99. The quantitative estimate of drug-likeness (QED) is 0.0666. The number of nitrogens with one attached hydrogen (secondary N) is 10. The number of hydrogen-bond donors (Lipinski definition) is 13. The molecule has 13 N–H and O–H groups in total. The summed E-state index contributed by atoms with van der Waals surface area (Å²) >= 11 is 0. The number of fused-ring (bicyclic) bond motifs is 1. The van der Waals surface area contributed by atoms with Crippen molar-refractivity contribution in [3.8, 4) is 0 Å². The van der Waals surface area contributed by atoms with Gasteiger partial charge in [-0.1, -0.05) is 131 Å². The van der Waals surface area contributed by atoms with E-state index >= 15 is 0 Å². The summed E-state index contributed by atoms with van der Waals surface area (Å²) in [5.74, 6) is -10.5. The van der Waals surface area contributed by atoms with Gasteiger partial charge in [0, 0.05) is 32.6 Å². The van der Waals surface area contributed by atoms with Crippen molar-refractivity contribution in [3.63, 3.8) is 0 Å². The molecule has 2 aliphatic heterocycles. The van der Waals surface area contributed by atoms with Crippen molar-refractivity contribution in [2.45, 2.75) is 207 Å². The lowest BCUT2D eigenvalue weighted by molar-refractivity contribution is -0.139. The van der Waals surface area contributed by atoms with Crippen molar-refractivity contribution in [2.24, 2.45) is 23.7 Å². The predicted molar refractivity (Wildman–Crippen MR) is 312 cm³/mol. The topological polar surface area (TPSA) is 372 Å². The van der Waals surface area contributed by atoms with E-state index in [-0.39, 0.29) is 62.5 Å². The first kappa shape index (κ1) is 71.3. The Bertz CT molecular complexity index is 2420. The van der Waals surface area contributed by atoms with Crippen LogP contribution in [0.1, 0.15) is 145 Å². The van der Waals surface area contributed by atoms with E-state index in [1.807, 2.05) is 48.5 Å². The zero-order chi connectivity index (χ0) is 62.8. The summed E-state index contributed by atoms with van der Waals surface area (Å²) in [4.78, 5) is 157. The largest absolute Gasteiger partial charge is 0.396 e. The van der Waals surface area contributed by atoms with Gasteiger partial charge in [-0.3, -0.25) is 52.7 Å². The van der Waals surface area contributed by atoms with E-state index in [4.69, 9.17) is 0 Å². The number of aliphatic hydroxyl groups excluding tert-OH is 3. The molecule has 0 spiro atoms. The van der Waals surface area contributed by atoms with Crippen LogP contribution in [-0.4, -0.2) is 172 Å². The molecule has 470 valence electrons. The van der Waals surface area contributed by atoms with Crippen molar-refractivity contribution in [1.82, 2.24) is 58.1 Å². The molecule has 0 saturated carbocycles. The van der Waals surface area contributed by atoms with E-state index in [0.29, 0.717) is 31.2 Å². The molecule has 0 aromatic heterocycles. The molecule has 25 heteroatoms. The molecule has 11 amide bonds. The van der Waals surface area contributed by atoms with Gasteiger partial charge in [0.2, 0.25) is 59.1 Å². The molecule has 12 atom stereocenters. The van der Waals surface area contributed by atoms with Gasteiger partial charge in [0.15, 0.2) is 0 Å². The summed E-state index contributed by atoms with van der Waals surface area (Å²) in [5, 5.41) is 57.6. The fourth-order valence-electron chi connectivity index (χ4n) is 9.82. The molecule has 2 fully saturated rings. The maximum atomic E-state index is 14.6. The minimum Gasteiger partial charge on any atom is -0.396 e. The smallest absolute Gasteiger partial charge is 0.270 e. The zero-order valence-corrected chi connectivity index (χ0v) is 50.6. The van der Waals surface area contributed by atoms with Crippen LogP contribution < -0.4 is 53.2 Å². The van der Waals surface area contributed by atoms with Gasteiger partial charge in [0.25, 0.3) is 5.91 Å². The second-order valence-electron chi connectivity index (χ2n) is 22.9. The van der Waals surface area contributed by atoms with Crippen molar-refractivity contribution < 1.29 is 68.1 Å². The van der Waals surface area contributed by atoms with Crippen LogP contribution in [0.15, 0.2) is 42.1 Å². The van der Waals surface area contributed by atoms with Crippen molar-refractivity contribution in [3.05, 3.63) is 47.7 Å². The summed E-state index contributed by atoms with van der Waals surface area (Å²) in [6.07, 6.45) is 1.78. The fourth-order valence-corrected chi connectivity index (χ4v) is 9.82. The first-order valence-corrected chi connectivity index (χ1v) is 29.7. The number of allylic oxidation sites excluding steroid dienone is 1. The van der Waals surface area contributed by atoms with Gasteiger partial charge in [-0.25, -0.2) is 0 Å². The molecule has 2 aliphatic rings. The van der Waals surface area contributed by atoms with E-state index in [1.165, 1.54) is 13.0 Å². The van der Waals surface area contributed by atoms with Crippen LogP contribution in [-0.2, 0) is 59.2 Å². The molecule has 1 aromatic rings. The van der Waals surface area contributed by atoms with Crippen LogP contribution in [0.3, 0.4) is 0 Å². The summed E-state index contributed by atoms with van der Waals surface area (Å²) < 4.78 is 0.